The van der Waals surface area contributed by atoms with E-state index in [1.165, 1.54) is 21.5 Å². The first-order valence-electron chi connectivity index (χ1n) is 4.73. The predicted octanol–water partition coefficient (Wildman–Crippen LogP) is 0.416. The summed E-state index contributed by atoms with van der Waals surface area (Å²) >= 11 is 0. The average Bonchev–Trinajstić information content (AvgIpc) is 2.29. The molecule has 0 saturated carbocycles. The van der Waals surface area contributed by atoms with E-state index in [9.17, 15) is 0 Å². The second-order valence-corrected chi connectivity index (χ2v) is 3.43. The van der Waals surface area contributed by atoms with Crippen LogP contribution in [0.1, 0.15) is 0 Å². The van der Waals surface area contributed by atoms with Gasteiger partial charge in [0.25, 0.3) is 0 Å². The van der Waals surface area contributed by atoms with E-state index in [1.54, 1.807) is 0 Å². The van der Waals surface area contributed by atoms with Gasteiger partial charge in [-0.1, -0.05) is 30.3 Å². The fourth-order valence-electron chi connectivity index (χ4n) is 1.89. The molecule has 0 saturated heterocycles. The standard InChI is InChI=1S/C14H9.BrH.Mg/c1-3-7-13-11(5-1)9-10-12-6-2-4-8-14(12)13;;/h1,3-10H;1H;/q-1;;+2/p-1. The molecule has 0 N–H and O–H groups in total. The van der Waals surface area contributed by atoms with E-state index in [0.717, 1.165) is 0 Å². The van der Waals surface area contributed by atoms with Crippen LogP contribution in [0.15, 0.2) is 54.6 Å². The first-order valence-corrected chi connectivity index (χ1v) is 4.73. The smallest absolute Gasteiger partial charge is 1.00 e. The molecule has 0 spiro atoms. The van der Waals surface area contributed by atoms with Crippen LogP contribution in [-0.2, 0) is 0 Å². The molecule has 0 bridgehead atoms. The van der Waals surface area contributed by atoms with E-state index in [0.29, 0.717) is 0 Å². The zero-order valence-electron chi connectivity index (χ0n) is 8.78. The van der Waals surface area contributed by atoms with Crippen LogP contribution in [-0.4, -0.2) is 23.1 Å². The second-order valence-electron chi connectivity index (χ2n) is 3.43. The molecular weight excluding hydrogens is 272 g/mol. The van der Waals surface area contributed by atoms with Gasteiger partial charge in [-0.15, -0.1) is 16.8 Å². The van der Waals surface area contributed by atoms with E-state index in [-0.39, 0.29) is 40.0 Å². The largest absolute Gasteiger partial charge is 2.00 e. The summed E-state index contributed by atoms with van der Waals surface area (Å²) in [5.74, 6) is 0. The quantitative estimate of drug-likeness (QED) is 0.318. The van der Waals surface area contributed by atoms with Gasteiger partial charge in [0.15, 0.2) is 0 Å². The van der Waals surface area contributed by atoms with Crippen molar-refractivity contribution in [2.75, 3.05) is 0 Å². The van der Waals surface area contributed by atoms with Crippen LogP contribution in [0.2, 0.25) is 0 Å². The molecule has 0 nitrogen and oxygen atoms in total. The minimum atomic E-state index is 0. The summed E-state index contributed by atoms with van der Waals surface area (Å²) < 4.78 is 0. The van der Waals surface area contributed by atoms with Crippen LogP contribution < -0.4 is 17.0 Å². The molecule has 0 aromatic heterocycles. The summed E-state index contributed by atoms with van der Waals surface area (Å²) in [7, 11) is 0. The van der Waals surface area contributed by atoms with Crippen LogP contribution >= 0.6 is 0 Å². The van der Waals surface area contributed by atoms with Gasteiger partial charge in [-0.2, -0.15) is 24.3 Å². The minimum absolute atomic E-state index is 0. The maximum atomic E-state index is 3.10. The molecule has 74 valence electrons. The zero-order chi connectivity index (χ0) is 9.38. The Kier molecular flexibility index (Phi) is 4.78. The Bertz CT molecular complexity index is 550. The van der Waals surface area contributed by atoms with E-state index < -0.39 is 0 Å². The summed E-state index contributed by atoms with van der Waals surface area (Å²) in [5, 5.41) is 5.18. The number of halogens is 1. The fourth-order valence-corrected chi connectivity index (χ4v) is 1.89. The third kappa shape index (κ3) is 2.24. The van der Waals surface area contributed by atoms with Gasteiger partial charge in [-0.25, -0.2) is 0 Å². The summed E-state index contributed by atoms with van der Waals surface area (Å²) in [4.78, 5) is 0. The molecule has 3 rings (SSSR count). The van der Waals surface area contributed by atoms with Crippen LogP contribution in [0, 0.1) is 6.07 Å². The molecule has 0 aliphatic heterocycles. The Morgan fingerprint density at radius 1 is 0.750 bits per heavy atom. The molecule has 0 atom stereocenters. The molecule has 0 aliphatic carbocycles. The molecule has 16 heavy (non-hydrogen) atoms. The summed E-state index contributed by atoms with van der Waals surface area (Å²) in [5.41, 5.74) is 0. The molecule has 0 unspecified atom stereocenters. The van der Waals surface area contributed by atoms with Gasteiger partial charge < -0.3 is 17.0 Å². The molecular formula is C14H9BrMg. The van der Waals surface area contributed by atoms with Crippen molar-refractivity contribution in [3.8, 4) is 0 Å². The zero-order valence-corrected chi connectivity index (χ0v) is 11.8. The molecule has 0 radical (unpaired) electrons. The van der Waals surface area contributed by atoms with E-state index in [2.05, 4.69) is 48.5 Å². The van der Waals surface area contributed by atoms with Gasteiger partial charge in [0, 0.05) is 0 Å². The SMILES string of the molecule is [Br-].[Mg+2].[c-]1ccc2c(c1)ccc1ccccc12. The molecule has 0 aliphatic rings. The number of rotatable bonds is 0. The normalized spacial score (nSPS) is 9.50. The third-order valence-corrected chi connectivity index (χ3v) is 2.59. The predicted molar refractivity (Wildman–Crippen MR) is 66.0 cm³/mol. The van der Waals surface area contributed by atoms with Crippen molar-refractivity contribution in [2.45, 2.75) is 0 Å². The molecule has 0 amide bonds. The minimum Gasteiger partial charge on any atom is -1.00 e. The molecule has 3 aromatic rings. The summed E-state index contributed by atoms with van der Waals surface area (Å²) in [6.45, 7) is 0. The van der Waals surface area contributed by atoms with Crippen LogP contribution in [0.4, 0.5) is 0 Å². The number of benzene rings is 3. The van der Waals surface area contributed by atoms with E-state index >= 15 is 0 Å². The van der Waals surface area contributed by atoms with Gasteiger partial charge in [0.2, 0.25) is 0 Å². The monoisotopic (exact) mass is 280 g/mol. The maximum absolute atomic E-state index is 3.10. The van der Waals surface area contributed by atoms with E-state index in [1.807, 2.05) is 12.1 Å². The Morgan fingerprint density at radius 3 is 2.31 bits per heavy atom. The van der Waals surface area contributed by atoms with Gasteiger partial charge in [-0.05, 0) is 10.8 Å². The first-order chi connectivity index (χ1) is 6.95. The Labute approximate surface area is 122 Å². The van der Waals surface area contributed by atoms with Crippen molar-refractivity contribution >= 4 is 44.6 Å². The Balaban J connectivity index is 0.000000640. The number of fused-ring (bicyclic) bond motifs is 3. The van der Waals surface area contributed by atoms with Gasteiger partial charge >= 0.3 is 23.1 Å². The molecule has 0 fully saturated rings. The van der Waals surface area contributed by atoms with Crippen molar-refractivity contribution in [2.24, 2.45) is 0 Å². The molecule has 2 heteroatoms. The Morgan fingerprint density at radius 2 is 1.44 bits per heavy atom. The van der Waals surface area contributed by atoms with Crippen molar-refractivity contribution in [3.05, 3.63) is 60.7 Å². The number of hydrogen-bond acceptors (Lipinski definition) is 0. The van der Waals surface area contributed by atoms with Crippen LogP contribution in [0.3, 0.4) is 0 Å². The third-order valence-electron chi connectivity index (χ3n) is 2.59. The van der Waals surface area contributed by atoms with Crippen molar-refractivity contribution < 1.29 is 17.0 Å². The van der Waals surface area contributed by atoms with Crippen molar-refractivity contribution in [1.29, 1.82) is 0 Å². The summed E-state index contributed by atoms with van der Waals surface area (Å²) in [6.07, 6.45) is 0. The van der Waals surface area contributed by atoms with Crippen molar-refractivity contribution in [1.82, 2.24) is 0 Å². The van der Waals surface area contributed by atoms with Gasteiger partial charge in [0.05, 0.1) is 0 Å². The van der Waals surface area contributed by atoms with Crippen molar-refractivity contribution in [3.63, 3.8) is 0 Å². The molecule has 3 aromatic carbocycles. The average molecular weight is 281 g/mol. The fraction of sp³-hybridized carbons (Fsp3) is 0. The van der Waals surface area contributed by atoms with Gasteiger partial charge in [-0.3, -0.25) is 0 Å². The molecule has 0 heterocycles. The number of hydrogen-bond donors (Lipinski definition) is 0. The van der Waals surface area contributed by atoms with Crippen LogP contribution in [0.5, 0.6) is 0 Å². The first kappa shape index (κ1) is 13.5. The van der Waals surface area contributed by atoms with Gasteiger partial charge in [0.1, 0.15) is 0 Å². The van der Waals surface area contributed by atoms with E-state index in [4.69, 9.17) is 0 Å². The topological polar surface area (TPSA) is 0 Å². The van der Waals surface area contributed by atoms with Crippen LogP contribution in [0.25, 0.3) is 21.5 Å². The Hall–Kier alpha value is -0.574. The second kappa shape index (κ2) is 5.66. The maximum Gasteiger partial charge on any atom is 2.00 e. The summed E-state index contributed by atoms with van der Waals surface area (Å²) in [6, 6.07) is 22.0.